The first-order chi connectivity index (χ1) is 11.6. The monoisotopic (exact) mass is 360 g/mol. The zero-order valence-corrected chi connectivity index (χ0v) is 12.6. The lowest BCUT2D eigenvalue weighted by atomic mass is 10.1. The molecular formula is C16H10F6N2O. The van der Waals surface area contributed by atoms with Gasteiger partial charge in [0.15, 0.2) is 0 Å². The molecule has 0 atom stereocenters. The fraction of sp³-hybridized carbons (Fsp3) is 0.188. The van der Waals surface area contributed by atoms with Gasteiger partial charge in [-0.25, -0.2) is 4.98 Å². The predicted octanol–water partition coefficient (Wildman–Crippen LogP) is 5.07. The van der Waals surface area contributed by atoms with Crippen LogP contribution in [0.25, 0.3) is 16.7 Å². The van der Waals surface area contributed by atoms with Crippen LogP contribution in [0.2, 0.25) is 0 Å². The van der Waals surface area contributed by atoms with Gasteiger partial charge >= 0.3 is 12.4 Å². The van der Waals surface area contributed by atoms with Gasteiger partial charge in [-0.3, -0.25) is 4.57 Å². The van der Waals surface area contributed by atoms with E-state index in [9.17, 15) is 26.3 Å². The Morgan fingerprint density at radius 2 is 1.52 bits per heavy atom. The maximum absolute atomic E-state index is 13.4. The van der Waals surface area contributed by atoms with Crippen molar-refractivity contribution in [2.75, 3.05) is 7.11 Å². The molecule has 0 amide bonds. The summed E-state index contributed by atoms with van der Waals surface area (Å²) in [5, 5.41) is 0. The van der Waals surface area contributed by atoms with E-state index in [-0.39, 0.29) is 11.2 Å². The van der Waals surface area contributed by atoms with E-state index in [2.05, 4.69) is 4.98 Å². The van der Waals surface area contributed by atoms with E-state index in [0.717, 1.165) is 12.1 Å². The number of nitrogens with zero attached hydrogens (tertiary/aromatic N) is 2. The SMILES string of the molecule is COc1ccc(-n2c(C(F)(F)F)nc3c(C(F)(F)F)cccc32)cc1. The Bertz CT molecular complexity index is 909. The van der Waals surface area contributed by atoms with Crippen molar-refractivity contribution in [3.05, 3.63) is 53.9 Å². The Morgan fingerprint density at radius 1 is 0.880 bits per heavy atom. The van der Waals surface area contributed by atoms with Gasteiger partial charge in [-0.2, -0.15) is 26.3 Å². The van der Waals surface area contributed by atoms with Crippen LogP contribution in [0.3, 0.4) is 0 Å². The Morgan fingerprint density at radius 3 is 2.04 bits per heavy atom. The summed E-state index contributed by atoms with van der Waals surface area (Å²) >= 11 is 0. The van der Waals surface area contributed by atoms with E-state index < -0.39 is 29.3 Å². The fourth-order valence-corrected chi connectivity index (χ4v) is 2.51. The van der Waals surface area contributed by atoms with Gasteiger partial charge in [-0.05, 0) is 36.4 Å². The highest BCUT2D eigenvalue weighted by Crippen LogP contribution is 2.39. The van der Waals surface area contributed by atoms with E-state index in [0.29, 0.717) is 16.4 Å². The Kier molecular flexibility index (Phi) is 3.89. The third kappa shape index (κ3) is 3.01. The molecule has 132 valence electrons. The van der Waals surface area contributed by atoms with Gasteiger partial charge in [-0.15, -0.1) is 0 Å². The van der Waals surface area contributed by atoms with Crippen molar-refractivity contribution in [3.8, 4) is 11.4 Å². The van der Waals surface area contributed by atoms with Crippen LogP contribution in [-0.4, -0.2) is 16.7 Å². The van der Waals surface area contributed by atoms with Crippen molar-refractivity contribution in [2.24, 2.45) is 0 Å². The highest BCUT2D eigenvalue weighted by molar-refractivity contribution is 5.82. The lowest BCUT2D eigenvalue weighted by Gasteiger charge is -2.12. The van der Waals surface area contributed by atoms with Gasteiger partial charge in [0.05, 0.1) is 18.2 Å². The average molecular weight is 360 g/mol. The molecule has 0 aliphatic carbocycles. The number of halogens is 6. The molecule has 3 rings (SSSR count). The number of rotatable bonds is 2. The minimum absolute atomic E-state index is 0.0231. The Labute approximate surface area is 137 Å². The summed E-state index contributed by atoms with van der Waals surface area (Å²) in [5.41, 5.74) is -2.23. The number of fused-ring (bicyclic) bond motifs is 1. The molecule has 0 unspecified atom stereocenters. The van der Waals surface area contributed by atoms with Crippen LogP contribution in [0.5, 0.6) is 5.75 Å². The number of imidazole rings is 1. The first-order valence-corrected chi connectivity index (χ1v) is 6.93. The molecule has 2 aromatic carbocycles. The molecule has 0 aliphatic rings. The lowest BCUT2D eigenvalue weighted by Crippen LogP contribution is -2.13. The average Bonchev–Trinajstić information content (AvgIpc) is 2.93. The summed E-state index contributed by atoms with van der Waals surface area (Å²) < 4.78 is 85.0. The summed E-state index contributed by atoms with van der Waals surface area (Å²) in [6.45, 7) is 0. The number of para-hydroxylation sites is 1. The molecule has 9 heteroatoms. The third-order valence-corrected chi connectivity index (χ3v) is 3.57. The largest absolute Gasteiger partial charge is 0.497 e. The standard InChI is InChI=1S/C16H10F6N2O/c1-25-10-7-5-9(6-8-10)24-12-4-2-3-11(15(17,18)19)13(12)23-14(24)16(20,21)22/h2-8H,1H3. The Hall–Kier alpha value is -2.71. The van der Waals surface area contributed by atoms with Crippen molar-refractivity contribution in [1.82, 2.24) is 9.55 Å². The van der Waals surface area contributed by atoms with Gasteiger partial charge in [0.2, 0.25) is 5.82 Å². The van der Waals surface area contributed by atoms with Gasteiger partial charge in [0.1, 0.15) is 11.3 Å². The molecule has 3 aromatic rings. The summed E-state index contributed by atoms with van der Waals surface area (Å²) in [6.07, 6.45) is -9.75. The normalized spacial score (nSPS) is 12.6. The molecule has 0 radical (unpaired) electrons. The van der Waals surface area contributed by atoms with Crippen LogP contribution in [0.1, 0.15) is 11.4 Å². The zero-order valence-electron chi connectivity index (χ0n) is 12.6. The second kappa shape index (κ2) is 5.68. The van der Waals surface area contributed by atoms with Crippen LogP contribution in [0.4, 0.5) is 26.3 Å². The predicted molar refractivity (Wildman–Crippen MR) is 77.6 cm³/mol. The minimum Gasteiger partial charge on any atom is -0.497 e. The Balaban J connectivity index is 2.35. The fourth-order valence-electron chi connectivity index (χ4n) is 2.51. The second-order valence-electron chi connectivity index (χ2n) is 5.14. The van der Waals surface area contributed by atoms with Gasteiger partial charge < -0.3 is 4.74 Å². The van der Waals surface area contributed by atoms with Gasteiger partial charge in [0, 0.05) is 5.69 Å². The number of methoxy groups -OCH3 is 1. The van der Waals surface area contributed by atoms with Crippen LogP contribution >= 0.6 is 0 Å². The summed E-state index contributed by atoms with van der Waals surface area (Å²) in [5.74, 6) is -1.03. The zero-order chi connectivity index (χ0) is 18.4. The highest BCUT2D eigenvalue weighted by atomic mass is 19.4. The topological polar surface area (TPSA) is 27.1 Å². The summed E-state index contributed by atoms with van der Waals surface area (Å²) in [4.78, 5) is 3.26. The van der Waals surface area contributed by atoms with Gasteiger partial charge in [-0.1, -0.05) is 6.07 Å². The molecule has 3 nitrogen and oxygen atoms in total. The molecular weight excluding hydrogens is 350 g/mol. The van der Waals surface area contributed by atoms with E-state index >= 15 is 0 Å². The molecule has 0 spiro atoms. The van der Waals surface area contributed by atoms with Crippen molar-refractivity contribution < 1.29 is 31.1 Å². The second-order valence-corrected chi connectivity index (χ2v) is 5.14. The molecule has 0 N–H and O–H groups in total. The van der Waals surface area contributed by atoms with Crippen molar-refractivity contribution in [1.29, 1.82) is 0 Å². The molecule has 25 heavy (non-hydrogen) atoms. The maximum atomic E-state index is 13.4. The highest BCUT2D eigenvalue weighted by Gasteiger charge is 2.41. The molecule has 1 heterocycles. The number of ether oxygens (including phenoxy) is 1. The van der Waals surface area contributed by atoms with Gasteiger partial charge in [0.25, 0.3) is 0 Å². The molecule has 0 aliphatic heterocycles. The maximum Gasteiger partial charge on any atom is 0.450 e. The number of hydrogen-bond acceptors (Lipinski definition) is 2. The summed E-state index contributed by atoms with van der Waals surface area (Å²) in [7, 11) is 1.39. The summed E-state index contributed by atoms with van der Waals surface area (Å²) in [6, 6.07) is 8.37. The van der Waals surface area contributed by atoms with Crippen LogP contribution in [0.15, 0.2) is 42.5 Å². The van der Waals surface area contributed by atoms with E-state index in [1.807, 2.05) is 0 Å². The number of aromatic nitrogens is 2. The van der Waals surface area contributed by atoms with Crippen LogP contribution in [-0.2, 0) is 12.4 Å². The van der Waals surface area contributed by atoms with Crippen molar-refractivity contribution in [2.45, 2.75) is 12.4 Å². The van der Waals surface area contributed by atoms with E-state index in [1.165, 1.54) is 31.4 Å². The molecule has 0 saturated carbocycles. The quantitative estimate of drug-likeness (QED) is 0.597. The van der Waals surface area contributed by atoms with E-state index in [4.69, 9.17) is 4.74 Å². The molecule has 0 bridgehead atoms. The van der Waals surface area contributed by atoms with Crippen LogP contribution < -0.4 is 4.74 Å². The number of benzene rings is 2. The molecule has 0 fully saturated rings. The minimum atomic E-state index is -4.93. The molecule has 0 saturated heterocycles. The number of alkyl halides is 6. The van der Waals surface area contributed by atoms with E-state index in [1.54, 1.807) is 0 Å². The molecule has 1 aromatic heterocycles. The smallest absolute Gasteiger partial charge is 0.450 e. The van der Waals surface area contributed by atoms with Crippen molar-refractivity contribution in [3.63, 3.8) is 0 Å². The first kappa shape index (κ1) is 17.1. The first-order valence-electron chi connectivity index (χ1n) is 6.93. The third-order valence-electron chi connectivity index (χ3n) is 3.57. The van der Waals surface area contributed by atoms with Crippen molar-refractivity contribution >= 4 is 11.0 Å². The number of hydrogen-bond donors (Lipinski definition) is 0. The lowest BCUT2D eigenvalue weighted by molar-refractivity contribution is -0.146. The van der Waals surface area contributed by atoms with Crippen LogP contribution in [0, 0.1) is 0 Å².